The fourth-order valence-corrected chi connectivity index (χ4v) is 2.07. The van der Waals surface area contributed by atoms with Crippen molar-refractivity contribution < 1.29 is 9.84 Å². The quantitative estimate of drug-likeness (QED) is 0.815. The molecular weight excluding hydrogens is 262 g/mol. The van der Waals surface area contributed by atoms with Crippen LogP contribution in [0.15, 0.2) is 48.5 Å². The molecule has 2 aromatic rings. The number of hydrogen-bond acceptors (Lipinski definition) is 3. The highest BCUT2D eigenvalue weighted by Crippen LogP contribution is 2.24. The summed E-state index contributed by atoms with van der Waals surface area (Å²) in [6.07, 6.45) is 0. The molecular formula is C18H23NO2. The highest BCUT2D eigenvalue weighted by molar-refractivity contribution is 5.50. The molecule has 0 aliphatic heterocycles. The largest absolute Gasteiger partial charge is 0.508 e. The van der Waals surface area contributed by atoms with Crippen molar-refractivity contribution in [2.45, 2.75) is 26.8 Å². The van der Waals surface area contributed by atoms with Crippen molar-refractivity contribution in [1.29, 1.82) is 0 Å². The Hall–Kier alpha value is -2.16. The van der Waals surface area contributed by atoms with Gasteiger partial charge >= 0.3 is 0 Å². The zero-order valence-electron chi connectivity index (χ0n) is 12.8. The fourth-order valence-electron chi connectivity index (χ4n) is 2.07. The molecule has 0 saturated carbocycles. The lowest BCUT2D eigenvalue weighted by Gasteiger charge is -2.17. The van der Waals surface area contributed by atoms with Gasteiger partial charge in [0.2, 0.25) is 0 Å². The van der Waals surface area contributed by atoms with Crippen LogP contribution in [0, 0.1) is 5.92 Å². The van der Waals surface area contributed by atoms with E-state index in [2.05, 4.69) is 26.1 Å². The number of ether oxygens (including phenoxy) is 1. The molecule has 21 heavy (non-hydrogen) atoms. The van der Waals surface area contributed by atoms with Gasteiger partial charge in [0.25, 0.3) is 0 Å². The zero-order valence-corrected chi connectivity index (χ0v) is 12.8. The Bertz CT molecular complexity index is 581. The first-order valence-corrected chi connectivity index (χ1v) is 7.33. The summed E-state index contributed by atoms with van der Waals surface area (Å²) in [6, 6.07) is 15.4. The highest BCUT2D eigenvalue weighted by atomic mass is 16.5. The summed E-state index contributed by atoms with van der Waals surface area (Å²) in [6.45, 7) is 7.04. The average molecular weight is 285 g/mol. The van der Waals surface area contributed by atoms with Gasteiger partial charge in [-0.25, -0.2) is 0 Å². The van der Waals surface area contributed by atoms with Gasteiger partial charge in [0, 0.05) is 17.8 Å². The number of benzene rings is 2. The number of anilines is 1. The summed E-state index contributed by atoms with van der Waals surface area (Å²) in [5.41, 5.74) is 2.05. The van der Waals surface area contributed by atoms with Gasteiger partial charge in [-0.15, -0.1) is 0 Å². The van der Waals surface area contributed by atoms with Crippen LogP contribution in [-0.2, 0) is 0 Å². The van der Waals surface area contributed by atoms with E-state index in [9.17, 15) is 5.11 Å². The molecule has 3 nitrogen and oxygen atoms in total. The third-order valence-corrected chi connectivity index (χ3v) is 3.17. The summed E-state index contributed by atoms with van der Waals surface area (Å²) in [4.78, 5) is 0. The van der Waals surface area contributed by atoms with Crippen molar-refractivity contribution in [1.82, 2.24) is 0 Å². The summed E-state index contributed by atoms with van der Waals surface area (Å²) in [7, 11) is 0. The van der Waals surface area contributed by atoms with Crippen LogP contribution >= 0.6 is 0 Å². The van der Waals surface area contributed by atoms with Gasteiger partial charge in [0.15, 0.2) is 0 Å². The minimum atomic E-state index is 0.109. The van der Waals surface area contributed by atoms with E-state index in [1.54, 1.807) is 12.1 Å². The van der Waals surface area contributed by atoms with Gasteiger partial charge in [-0.05, 0) is 42.7 Å². The molecule has 112 valence electrons. The summed E-state index contributed by atoms with van der Waals surface area (Å²) >= 11 is 0. The first kappa shape index (κ1) is 15.2. The van der Waals surface area contributed by atoms with E-state index in [1.807, 2.05) is 36.4 Å². The van der Waals surface area contributed by atoms with Crippen LogP contribution in [0.2, 0.25) is 0 Å². The van der Waals surface area contributed by atoms with Crippen molar-refractivity contribution >= 4 is 5.69 Å². The SMILES string of the molecule is CC(C)COc1cccc(NC(C)c2cccc(O)c2)c1. The van der Waals surface area contributed by atoms with Gasteiger partial charge in [-0.3, -0.25) is 0 Å². The number of aromatic hydroxyl groups is 1. The lowest BCUT2D eigenvalue weighted by atomic mass is 10.1. The van der Waals surface area contributed by atoms with E-state index in [4.69, 9.17) is 4.74 Å². The molecule has 0 bridgehead atoms. The molecule has 0 spiro atoms. The van der Waals surface area contributed by atoms with Crippen LogP contribution in [0.1, 0.15) is 32.4 Å². The van der Waals surface area contributed by atoms with E-state index in [1.165, 1.54) is 0 Å². The van der Waals surface area contributed by atoms with Crippen LogP contribution in [-0.4, -0.2) is 11.7 Å². The van der Waals surface area contributed by atoms with E-state index in [0.29, 0.717) is 12.5 Å². The van der Waals surface area contributed by atoms with Gasteiger partial charge in [0.1, 0.15) is 11.5 Å². The van der Waals surface area contributed by atoms with E-state index >= 15 is 0 Å². The average Bonchev–Trinajstić information content (AvgIpc) is 2.45. The van der Waals surface area contributed by atoms with Gasteiger partial charge < -0.3 is 15.2 Å². The molecule has 0 radical (unpaired) electrons. The van der Waals surface area contributed by atoms with Gasteiger partial charge in [-0.1, -0.05) is 32.0 Å². The number of phenols is 1. The summed E-state index contributed by atoms with van der Waals surface area (Å²) in [5.74, 6) is 1.67. The standard InChI is InChI=1S/C18H23NO2/c1-13(2)12-21-18-9-5-7-16(11-18)19-14(3)15-6-4-8-17(20)10-15/h4-11,13-14,19-20H,12H2,1-3H3. The topological polar surface area (TPSA) is 41.5 Å². The lowest BCUT2D eigenvalue weighted by Crippen LogP contribution is -2.07. The first-order valence-electron chi connectivity index (χ1n) is 7.33. The van der Waals surface area contributed by atoms with Crippen molar-refractivity contribution in [2.75, 3.05) is 11.9 Å². The molecule has 1 atom stereocenters. The van der Waals surface area contributed by atoms with Crippen LogP contribution in [0.5, 0.6) is 11.5 Å². The Kier molecular flexibility index (Phi) is 5.09. The molecule has 2 rings (SSSR count). The van der Waals surface area contributed by atoms with Gasteiger partial charge in [0.05, 0.1) is 6.61 Å². The van der Waals surface area contributed by atoms with Crippen LogP contribution in [0.25, 0.3) is 0 Å². The Morgan fingerprint density at radius 3 is 2.52 bits per heavy atom. The highest BCUT2D eigenvalue weighted by Gasteiger charge is 2.07. The minimum Gasteiger partial charge on any atom is -0.508 e. The number of phenolic OH excluding ortho intramolecular Hbond substituents is 1. The number of hydrogen-bond donors (Lipinski definition) is 2. The van der Waals surface area contributed by atoms with E-state index < -0.39 is 0 Å². The predicted octanol–water partition coefficient (Wildman–Crippen LogP) is 4.60. The molecule has 0 aliphatic carbocycles. The molecule has 1 unspecified atom stereocenters. The fraction of sp³-hybridized carbons (Fsp3) is 0.333. The maximum absolute atomic E-state index is 9.55. The molecule has 0 aliphatic rings. The maximum atomic E-state index is 9.55. The second kappa shape index (κ2) is 7.02. The lowest BCUT2D eigenvalue weighted by molar-refractivity contribution is 0.271. The molecule has 0 heterocycles. The van der Waals surface area contributed by atoms with E-state index in [-0.39, 0.29) is 11.8 Å². The van der Waals surface area contributed by atoms with E-state index in [0.717, 1.165) is 17.0 Å². The minimum absolute atomic E-state index is 0.109. The maximum Gasteiger partial charge on any atom is 0.121 e. The predicted molar refractivity (Wildman–Crippen MR) is 86.9 cm³/mol. The smallest absolute Gasteiger partial charge is 0.121 e. The van der Waals surface area contributed by atoms with Crippen molar-refractivity contribution in [3.63, 3.8) is 0 Å². The summed E-state index contributed by atoms with van der Waals surface area (Å²) in [5, 5.41) is 13.0. The Balaban J connectivity index is 2.03. The third kappa shape index (κ3) is 4.71. The van der Waals surface area contributed by atoms with Crippen LogP contribution < -0.4 is 10.1 Å². The zero-order chi connectivity index (χ0) is 15.2. The molecule has 0 fully saturated rings. The van der Waals surface area contributed by atoms with Crippen molar-refractivity contribution in [3.05, 3.63) is 54.1 Å². The molecule has 0 aromatic heterocycles. The van der Waals surface area contributed by atoms with Gasteiger partial charge in [-0.2, -0.15) is 0 Å². The van der Waals surface area contributed by atoms with Crippen molar-refractivity contribution in [3.8, 4) is 11.5 Å². The normalized spacial score (nSPS) is 12.2. The number of nitrogens with one attached hydrogen (secondary N) is 1. The van der Waals surface area contributed by atoms with Crippen LogP contribution in [0.3, 0.4) is 0 Å². The molecule has 0 saturated heterocycles. The van der Waals surface area contributed by atoms with Crippen molar-refractivity contribution in [2.24, 2.45) is 5.92 Å². The first-order chi connectivity index (χ1) is 10.0. The third-order valence-electron chi connectivity index (χ3n) is 3.17. The number of rotatable bonds is 6. The molecule has 0 amide bonds. The summed E-state index contributed by atoms with van der Waals surface area (Å²) < 4.78 is 5.73. The second-order valence-electron chi connectivity index (χ2n) is 5.69. The Labute approximate surface area is 126 Å². The second-order valence-corrected chi connectivity index (χ2v) is 5.69. The Morgan fingerprint density at radius 2 is 1.81 bits per heavy atom. The molecule has 2 aromatic carbocycles. The monoisotopic (exact) mass is 285 g/mol. The Morgan fingerprint density at radius 1 is 1.05 bits per heavy atom. The molecule has 3 heteroatoms. The van der Waals surface area contributed by atoms with Crippen LogP contribution in [0.4, 0.5) is 5.69 Å². The molecule has 2 N–H and O–H groups in total.